The van der Waals surface area contributed by atoms with E-state index in [1.54, 1.807) is 17.1 Å². The number of nitrogens with zero attached hydrogens (tertiary/aromatic N) is 2. The van der Waals surface area contributed by atoms with Gasteiger partial charge in [0, 0.05) is 18.9 Å². The topological polar surface area (TPSA) is 39.1 Å². The lowest BCUT2D eigenvalue weighted by Crippen LogP contribution is -2.35. The van der Waals surface area contributed by atoms with Crippen LogP contribution in [0.25, 0.3) is 6.20 Å². The summed E-state index contributed by atoms with van der Waals surface area (Å²) in [6.45, 7) is 6.08. The van der Waals surface area contributed by atoms with Crippen LogP contribution >= 0.6 is 0 Å². The molecule has 0 bridgehead atoms. The van der Waals surface area contributed by atoms with Gasteiger partial charge in [-0.1, -0.05) is 6.58 Å². The second kappa shape index (κ2) is 3.72. The average Bonchev–Trinajstić information content (AvgIpc) is 2.67. The molecule has 1 aliphatic heterocycles. The van der Waals surface area contributed by atoms with Crippen LogP contribution < -0.4 is 5.32 Å². The van der Waals surface area contributed by atoms with Crippen molar-refractivity contribution in [3.63, 3.8) is 0 Å². The summed E-state index contributed by atoms with van der Waals surface area (Å²) in [5.41, 5.74) is 1.11. The van der Waals surface area contributed by atoms with Gasteiger partial charge < -0.3 is 10.1 Å². The lowest BCUT2D eigenvalue weighted by Gasteiger charge is -2.23. The van der Waals surface area contributed by atoms with E-state index >= 15 is 0 Å². The second-order valence-corrected chi connectivity index (χ2v) is 2.96. The van der Waals surface area contributed by atoms with E-state index in [1.807, 2.05) is 6.07 Å². The first-order chi connectivity index (χ1) is 6.42. The smallest absolute Gasteiger partial charge is 0.0734 e. The van der Waals surface area contributed by atoms with Gasteiger partial charge in [0.15, 0.2) is 0 Å². The lowest BCUT2D eigenvalue weighted by molar-refractivity contribution is 0.0750. The lowest BCUT2D eigenvalue weighted by atomic mass is 10.2. The highest BCUT2D eigenvalue weighted by molar-refractivity contribution is 5.22. The van der Waals surface area contributed by atoms with E-state index in [1.165, 1.54) is 0 Å². The van der Waals surface area contributed by atoms with Crippen molar-refractivity contribution in [2.24, 2.45) is 0 Å². The minimum atomic E-state index is 0.245. The predicted octanol–water partition coefficient (Wildman–Crippen LogP) is 0.644. The third-order valence-corrected chi connectivity index (χ3v) is 2.15. The maximum Gasteiger partial charge on any atom is 0.0734 e. The van der Waals surface area contributed by atoms with Crippen LogP contribution in [-0.2, 0) is 4.74 Å². The molecule has 1 saturated heterocycles. The van der Waals surface area contributed by atoms with Gasteiger partial charge in [0.25, 0.3) is 0 Å². The average molecular weight is 179 g/mol. The molecule has 0 amide bonds. The summed E-state index contributed by atoms with van der Waals surface area (Å²) in [4.78, 5) is 0. The van der Waals surface area contributed by atoms with Crippen molar-refractivity contribution >= 4 is 6.20 Å². The van der Waals surface area contributed by atoms with Gasteiger partial charge in [-0.2, -0.15) is 5.10 Å². The van der Waals surface area contributed by atoms with E-state index in [0.29, 0.717) is 6.61 Å². The summed E-state index contributed by atoms with van der Waals surface area (Å²) in [5, 5.41) is 7.48. The first-order valence-electron chi connectivity index (χ1n) is 4.39. The fraction of sp³-hybridized carbons (Fsp3) is 0.444. The van der Waals surface area contributed by atoms with Crippen LogP contribution in [0.4, 0.5) is 0 Å². The van der Waals surface area contributed by atoms with Gasteiger partial charge in [-0.25, -0.2) is 4.68 Å². The second-order valence-electron chi connectivity index (χ2n) is 2.96. The van der Waals surface area contributed by atoms with Gasteiger partial charge in [-0.05, 0) is 6.07 Å². The summed E-state index contributed by atoms with van der Waals surface area (Å²) in [6, 6.07) is 2.22. The molecule has 1 aromatic rings. The van der Waals surface area contributed by atoms with Crippen LogP contribution in [0.3, 0.4) is 0 Å². The molecule has 70 valence electrons. The first kappa shape index (κ1) is 8.47. The zero-order chi connectivity index (χ0) is 9.10. The minimum absolute atomic E-state index is 0.245. The van der Waals surface area contributed by atoms with E-state index in [0.717, 1.165) is 18.8 Å². The normalized spacial score (nSPS) is 22.9. The number of morpholine rings is 1. The fourth-order valence-corrected chi connectivity index (χ4v) is 1.51. The molecule has 1 fully saturated rings. The number of rotatable bonds is 2. The molecule has 13 heavy (non-hydrogen) atoms. The Morgan fingerprint density at radius 3 is 3.38 bits per heavy atom. The van der Waals surface area contributed by atoms with Crippen LogP contribution in [0.2, 0.25) is 0 Å². The number of hydrogen-bond acceptors (Lipinski definition) is 3. The van der Waals surface area contributed by atoms with E-state index < -0.39 is 0 Å². The number of aromatic nitrogens is 2. The molecule has 0 saturated carbocycles. The Morgan fingerprint density at radius 1 is 1.77 bits per heavy atom. The highest BCUT2D eigenvalue weighted by Crippen LogP contribution is 2.14. The highest BCUT2D eigenvalue weighted by atomic mass is 16.5. The molecule has 2 heterocycles. The standard InChI is InChI=1S/C9H13N3O/c1-2-12-9(3-4-11-12)8-7-13-6-5-10-8/h2-4,8,10H,1,5-7H2. The van der Waals surface area contributed by atoms with Crippen molar-refractivity contribution in [2.45, 2.75) is 6.04 Å². The van der Waals surface area contributed by atoms with Gasteiger partial charge in [-0.3, -0.25) is 0 Å². The quantitative estimate of drug-likeness (QED) is 0.724. The SMILES string of the molecule is C=Cn1nccc1C1COCCN1. The van der Waals surface area contributed by atoms with Crippen LogP contribution in [0, 0.1) is 0 Å². The Hall–Kier alpha value is -1.13. The Balaban J connectivity index is 2.17. The summed E-state index contributed by atoms with van der Waals surface area (Å²) in [5.74, 6) is 0. The highest BCUT2D eigenvalue weighted by Gasteiger charge is 2.17. The van der Waals surface area contributed by atoms with Gasteiger partial charge in [-0.15, -0.1) is 0 Å². The van der Waals surface area contributed by atoms with Gasteiger partial charge in [0.2, 0.25) is 0 Å². The largest absolute Gasteiger partial charge is 0.378 e. The predicted molar refractivity (Wildman–Crippen MR) is 50.2 cm³/mol. The van der Waals surface area contributed by atoms with Crippen molar-refractivity contribution in [1.82, 2.24) is 15.1 Å². The monoisotopic (exact) mass is 179 g/mol. The first-order valence-corrected chi connectivity index (χ1v) is 4.39. The molecule has 1 aromatic heterocycles. The third kappa shape index (κ3) is 1.64. The van der Waals surface area contributed by atoms with Crippen LogP contribution in [0.1, 0.15) is 11.7 Å². The maximum absolute atomic E-state index is 5.37. The number of nitrogens with one attached hydrogen (secondary N) is 1. The van der Waals surface area contributed by atoms with Crippen LogP contribution in [-0.4, -0.2) is 29.5 Å². The minimum Gasteiger partial charge on any atom is -0.378 e. The molecule has 1 unspecified atom stereocenters. The summed E-state index contributed by atoms with van der Waals surface area (Å²) >= 11 is 0. The van der Waals surface area contributed by atoms with E-state index in [-0.39, 0.29) is 6.04 Å². The molecular formula is C9H13N3O. The van der Waals surface area contributed by atoms with Crippen molar-refractivity contribution in [3.8, 4) is 0 Å². The molecule has 2 rings (SSSR count). The maximum atomic E-state index is 5.37. The molecule has 0 aromatic carbocycles. The Morgan fingerprint density at radius 2 is 2.69 bits per heavy atom. The number of hydrogen-bond donors (Lipinski definition) is 1. The van der Waals surface area contributed by atoms with Crippen molar-refractivity contribution in [2.75, 3.05) is 19.8 Å². The van der Waals surface area contributed by atoms with Gasteiger partial charge in [0.1, 0.15) is 0 Å². The zero-order valence-electron chi connectivity index (χ0n) is 7.44. The molecule has 0 radical (unpaired) electrons. The summed E-state index contributed by atoms with van der Waals surface area (Å²) < 4.78 is 7.14. The molecule has 1 aliphatic rings. The fourth-order valence-electron chi connectivity index (χ4n) is 1.51. The number of ether oxygens (including phenoxy) is 1. The Bertz CT molecular complexity index is 289. The van der Waals surface area contributed by atoms with Crippen LogP contribution in [0.5, 0.6) is 0 Å². The molecule has 4 heteroatoms. The van der Waals surface area contributed by atoms with Crippen molar-refractivity contribution in [1.29, 1.82) is 0 Å². The van der Waals surface area contributed by atoms with E-state index in [2.05, 4.69) is 17.0 Å². The Labute approximate surface area is 77.2 Å². The van der Waals surface area contributed by atoms with Crippen LogP contribution in [0.15, 0.2) is 18.8 Å². The molecule has 1 atom stereocenters. The molecule has 0 spiro atoms. The summed E-state index contributed by atoms with van der Waals surface area (Å²) in [7, 11) is 0. The third-order valence-electron chi connectivity index (χ3n) is 2.15. The van der Waals surface area contributed by atoms with E-state index in [4.69, 9.17) is 4.74 Å². The summed E-state index contributed by atoms with van der Waals surface area (Å²) in [6.07, 6.45) is 3.47. The zero-order valence-corrected chi connectivity index (χ0v) is 7.44. The van der Waals surface area contributed by atoms with Gasteiger partial charge >= 0.3 is 0 Å². The Kier molecular flexibility index (Phi) is 2.42. The van der Waals surface area contributed by atoms with Crippen molar-refractivity contribution < 1.29 is 4.74 Å². The molecule has 1 N–H and O–H groups in total. The molecular weight excluding hydrogens is 166 g/mol. The van der Waals surface area contributed by atoms with Gasteiger partial charge in [0.05, 0.1) is 24.9 Å². The van der Waals surface area contributed by atoms with Crippen molar-refractivity contribution in [3.05, 3.63) is 24.5 Å². The van der Waals surface area contributed by atoms with E-state index in [9.17, 15) is 0 Å². The molecule has 0 aliphatic carbocycles. The molecule has 4 nitrogen and oxygen atoms in total.